The van der Waals surface area contributed by atoms with Crippen LogP contribution in [0.2, 0.25) is 0 Å². The van der Waals surface area contributed by atoms with E-state index in [0.717, 1.165) is 0 Å². The third-order valence-corrected chi connectivity index (χ3v) is 3.41. The molecule has 0 radical (unpaired) electrons. The van der Waals surface area contributed by atoms with Gasteiger partial charge in [0.2, 0.25) is 0 Å². The summed E-state index contributed by atoms with van der Waals surface area (Å²) in [5.41, 5.74) is 2.81. The van der Waals surface area contributed by atoms with Crippen LogP contribution in [0.5, 0.6) is 0 Å². The van der Waals surface area contributed by atoms with Crippen molar-refractivity contribution >= 4 is 0 Å². The molecular formula is C15H21N. The lowest BCUT2D eigenvalue weighted by molar-refractivity contribution is 0.425. The average molecular weight is 215 g/mol. The molecule has 1 N–H and O–H groups in total. The van der Waals surface area contributed by atoms with Gasteiger partial charge in [0.1, 0.15) is 0 Å². The third-order valence-electron chi connectivity index (χ3n) is 3.41. The van der Waals surface area contributed by atoms with E-state index in [2.05, 4.69) is 55.6 Å². The summed E-state index contributed by atoms with van der Waals surface area (Å²) in [5, 5.41) is 3.72. The largest absolute Gasteiger partial charge is 0.307 e. The quantitative estimate of drug-likeness (QED) is 0.757. The molecule has 0 heterocycles. The van der Waals surface area contributed by atoms with Gasteiger partial charge in [0.15, 0.2) is 0 Å². The number of allylic oxidation sites excluding steroid dienone is 1. The van der Waals surface area contributed by atoms with Gasteiger partial charge < -0.3 is 5.32 Å². The highest BCUT2D eigenvalue weighted by Gasteiger charge is 2.14. The van der Waals surface area contributed by atoms with Crippen LogP contribution in [0.1, 0.15) is 43.4 Å². The Morgan fingerprint density at radius 2 is 2.06 bits per heavy atom. The van der Waals surface area contributed by atoms with Gasteiger partial charge in [-0.05, 0) is 44.2 Å². The summed E-state index contributed by atoms with van der Waals surface area (Å²) in [4.78, 5) is 0. The zero-order valence-corrected chi connectivity index (χ0v) is 10.2. The molecule has 1 aromatic rings. The van der Waals surface area contributed by atoms with Gasteiger partial charge in [-0.25, -0.2) is 0 Å². The molecular weight excluding hydrogens is 194 g/mol. The van der Waals surface area contributed by atoms with Crippen molar-refractivity contribution in [3.05, 3.63) is 47.5 Å². The Labute approximate surface area is 98.6 Å². The first kappa shape index (κ1) is 11.4. The van der Waals surface area contributed by atoms with E-state index in [9.17, 15) is 0 Å². The molecule has 2 atom stereocenters. The van der Waals surface area contributed by atoms with Gasteiger partial charge in [0.05, 0.1) is 0 Å². The van der Waals surface area contributed by atoms with Crippen LogP contribution in [0.15, 0.2) is 36.4 Å². The molecule has 0 saturated carbocycles. The Bertz CT molecular complexity index is 367. The van der Waals surface area contributed by atoms with E-state index >= 15 is 0 Å². The van der Waals surface area contributed by atoms with Crippen molar-refractivity contribution in [1.82, 2.24) is 5.32 Å². The molecule has 1 aliphatic rings. The number of benzene rings is 1. The van der Waals surface area contributed by atoms with Gasteiger partial charge in [-0.2, -0.15) is 0 Å². The fourth-order valence-corrected chi connectivity index (χ4v) is 2.46. The molecule has 86 valence electrons. The number of hydrogen-bond donors (Lipinski definition) is 1. The van der Waals surface area contributed by atoms with Crippen LogP contribution in [-0.2, 0) is 0 Å². The van der Waals surface area contributed by atoms with E-state index in [1.165, 1.54) is 30.4 Å². The Kier molecular flexibility index (Phi) is 3.79. The highest BCUT2D eigenvalue weighted by atomic mass is 14.9. The van der Waals surface area contributed by atoms with Crippen LogP contribution in [-0.4, -0.2) is 6.04 Å². The zero-order valence-electron chi connectivity index (χ0n) is 10.2. The van der Waals surface area contributed by atoms with Crippen molar-refractivity contribution in [2.45, 2.75) is 45.2 Å². The molecule has 2 unspecified atom stereocenters. The average Bonchev–Trinajstić information content (AvgIpc) is 2.31. The lowest BCUT2D eigenvalue weighted by Gasteiger charge is -2.25. The minimum Gasteiger partial charge on any atom is -0.307 e. The summed E-state index contributed by atoms with van der Waals surface area (Å²) >= 11 is 0. The van der Waals surface area contributed by atoms with E-state index in [1.807, 2.05) is 0 Å². The van der Waals surface area contributed by atoms with Gasteiger partial charge >= 0.3 is 0 Å². The number of hydrogen-bond acceptors (Lipinski definition) is 1. The van der Waals surface area contributed by atoms with Crippen molar-refractivity contribution in [1.29, 1.82) is 0 Å². The smallest absolute Gasteiger partial charge is 0.0297 e. The molecule has 1 nitrogen and oxygen atoms in total. The topological polar surface area (TPSA) is 12.0 Å². The van der Waals surface area contributed by atoms with Crippen LogP contribution in [0.3, 0.4) is 0 Å². The Morgan fingerprint density at radius 3 is 2.75 bits per heavy atom. The predicted octanol–water partition coefficient (Wildman–Crippen LogP) is 3.75. The maximum Gasteiger partial charge on any atom is 0.0297 e. The Morgan fingerprint density at radius 1 is 1.25 bits per heavy atom. The number of aryl methyl sites for hydroxylation is 1. The summed E-state index contributed by atoms with van der Waals surface area (Å²) in [7, 11) is 0. The summed E-state index contributed by atoms with van der Waals surface area (Å²) in [6.07, 6.45) is 8.25. The molecule has 0 aromatic heterocycles. The second-order valence-corrected chi connectivity index (χ2v) is 4.73. The lowest BCUT2D eigenvalue weighted by atomic mass is 9.98. The van der Waals surface area contributed by atoms with Crippen molar-refractivity contribution in [3.63, 3.8) is 0 Å². The van der Waals surface area contributed by atoms with E-state index < -0.39 is 0 Å². The molecule has 0 saturated heterocycles. The molecule has 2 rings (SSSR count). The number of nitrogens with one attached hydrogen (secondary N) is 1. The molecule has 1 aromatic carbocycles. The maximum atomic E-state index is 3.72. The Hall–Kier alpha value is -1.08. The van der Waals surface area contributed by atoms with E-state index in [1.54, 1.807) is 0 Å². The third kappa shape index (κ3) is 2.73. The molecule has 0 fully saturated rings. The first-order chi connectivity index (χ1) is 7.77. The van der Waals surface area contributed by atoms with Crippen LogP contribution >= 0.6 is 0 Å². The molecule has 1 aliphatic carbocycles. The van der Waals surface area contributed by atoms with Crippen LogP contribution in [0.25, 0.3) is 0 Å². The van der Waals surface area contributed by atoms with E-state index in [-0.39, 0.29) is 0 Å². The van der Waals surface area contributed by atoms with Crippen molar-refractivity contribution in [2.75, 3.05) is 0 Å². The molecule has 16 heavy (non-hydrogen) atoms. The lowest BCUT2D eigenvalue weighted by Crippen LogP contribution is -2.32. The minimum absolute atomic E-state index is 0.456. The SMILES string of the molecule is Cc1ccccc1C(C)NC1CC=CCC1. The fourth-order valence-electron chi connectivity index (χ4n) is 2.46. The zero-order chi connectivity index (χ0) is 11.4. The second-order valence-electron chi connectivity index (χ2n) is 4.73. The predicted molar refractivity (Wildman–Crippen MR) is 69.5 cm³/mol. The van der Waals surface area contributed by atoms with Crippen LogP contribution < -0.4 is 5.32 Å². The van der Waals surface area contributed by atoms with Gasteiger partial charge in [0.25, 0.3) is 0 Å². The van der Waals surface area contributed by atoms with Crippen molar-refractivity contribution < 1.29 is 0 Å². The Balaban J connectivity index is 2.00. The number of rotatable bonds is 3. The first-order valence-corrected chi connectivity index (χ1v) is 6.24. The highest BCUT2D eigenvalue weighted by Crippen LogP contribution is 2.20. The fraction of sp³-hybridized carbons (Fsp3) is 0.467. The van der Waals surface area contributed by atoms with Crippen LogP contribution in [0, 0.1) is 6.92 Å². The van der Waals surface area contributed by atoms with Gasteiger partial charge in [0, 0.05) is 12.1 Å². The van der Waals surface area contributed by atoms with Gasteiger partial charge in [-0.3, -0.25) is 0 Å². The summed E-state index contributed by atoms with van der Waals surface area (Å²) in [6.45, 7) is 4.45. The van der Waals surface area contributed by atoms with Crippen LogP contribution in [0.4, 0.5) is 0 Å². The monoisotopic (exact) mass is 215 g/mol. The van der Waals surface area contributed by atoms with Crippen molar-refractivity contribution in [2.24, 2.45) is 0 Å². The van der Waals surface area contributed by atoms with Crippen molar-refractivity contribution in [3.8, 4) is 0 Å². The molecule has 0 bridgehead atoms. The second kappa shape index (κ2) is 5.31. The molecule has 0 amide bonds. The van der Waals surface area contributed by atoms with Gasteiger partial charge in [-0.15, -0.1) is 0 Å². The maximum absolute atomic E-state index is 3.72. The first-order valence-electron chi connectivity index (χ1n) is 6.24. The molecule has 1 heteroatoms. The summed E-state index contributed by atoms with van der Waals surface area (Å²) in [5.74, 6) is 0. The van der Waals surface area contributed by atoms with E-state index in [0.29, 0.717) is 12.1 Å². The summed E-state index contributed by atoms with van der Waals surface area (Å²) < 4.78 is 0. The highest BCUT2D eigenvalue weighted by molar-refractivity contribution is 5.28. The molecule has 0 aliphatic heterocycles. The van der Waals surface area contributed by atoms with Gasteiger partial charge in [-0.1, -0.05) is 36.4 Å². The van der Waals surface area contributed by atoms with E-state index in [4.69, 9.17) is 0 Å². The minimum atomic E-state index is 0.456. The normalized spacial score (nSPS) is 22.0. The summed E-state index contributed by atoms with van der Waals surface area (Å²) in [6, 6.07) is 9.76. The standard InChI is InChI=1S/C15H21N/c1-12-8-6-7-11-15(12)13(2)16-14-9-4-3-5-10-14/h3-4,6-8,11,13-14,16H,5,9-10H2,1-2H3. The molecule has 0 spiro atoms.